The van der Waals surface area contributed by atoms with Crippen LogP contribution in [0, 0.1) is 0 Å². The van der Waals surface area contributed by atoms with Gasteiger partial charge >= 0.3 is 6.09 Å². The Balaban J connectivity index is 2.42. The molecule has 1 amide bonds. The predicted molar refractivity (Wildman–Crippen MR) is 61.1 cm³/mol. The first kappa shape index (κ1) is 13.3. The van der Waals surface area contributed by atoms with Gasteiger partial charge in [-0.05, 0) is 24.3 Å². The SMILES string of the molecule is O=C(Nc1ccc(OCCO)cc1)OCCO. The number of carbonyl (C=O) groups is 1. The second-order valence-corrected chi connectivity index (χ2v) is 3.08. The van der Waals surface area contributed by atoms with Gasteiger partial charge in [0, 0.05) is 5.69 Å². The van der Waals surface area contributed by atoms with Crippen LogP contribution < -0.4 is 10.1 Å². The van der Waals surface area contributed by atoms with Crippen LogP contribution in [-0.4, -0.2) is 42.7 Å². The monoisotopic (exact) mass is 241 g/mol. The normalized spacial score (nSPS) is 9.76. The number of aliphatic hydroxyl groups excluding tert-OH is 2. The van der Waals surface area contributed by atoms with Crippen molar-refractivity contribution in [2.45, 2.75) is 0 Å². The number of amides is 1. The summed E-state index contributed by atoms with van der Waals surface area (Å²) < 4.78 is 9.78. The molecular formula is C11H15NO5. The minimum atomic E-state index is -0.622. The fourth-order valence-electron chi connectivity index (χ4n) is 1.09. The van der Waals surface area contributed by atoms with Crippen LogP contribution >= 0.6 is 0 Å². The summed E-state index contributed by atoms with van der Waals surface area (Å²) in [7, 11) is 0. The largest absolute Gasteiger partial charge is 0.491 e. The van der Waals surface area contributed by atoms with Gasteiger partial charge in [0.1, 0.15) is 19.0 Å². The number of carbonyl (C=O) groups excluding carboxylic acids is 1. The summed E-state index contributed by atoms with van der Waals surface area (Å²) >= 11 is 0. The third-order valence-corrected chi connectivity index (χ3v) is 1.79. The first-order valence-electron chi connectivity index (χ1n) is 5.14. The lowest BCUT2D eigenvalue weighted by Crippen LogP contribution is -2.15. The molecule has 1 rings (SSSR count). The van der Waals surface area contributed by atoms with Gasteiger partial charge in [-0.2, -0.15) is 0 Å². The molecule has 0 aliphatic carbocycles. The Kier molecular flexibility index (Phi) is 5.84. The number of hydrogen-bond acceptors (Lipinski definition) is 5. The van der Waals surface area contributed by atoms with Crippen LogP contribution in [0.3, 0.4) is 0 Å². The second kappa shape index (κ2) is 7.48. The van der Waals surface area contributed by atoms with Crippen LogP contribution in [0.2, 0.25) is 0 Å². The number of ether oxygens (including phenoxy) is 2. The van der Waals surface area contributed by atoms with Crippen molar-refractivity contribution < 1.29 is 24.5 Å². The van der Waals surface area contributed by atoms with Gasteiger partial charge in [0.05, 0.1) is 13.2 Å². The van der Waals surface area contributed by atoms with Crippen molar-refractivity contribution >= 4 is 11.8 Å². The minimum absolute atomic E-state index is 0.0382. The topological polar surface area (TPSA) is 88.0 Å². The second-order valence-electron chi connectivity index (χ2n) is 3.08. The number of nitrogens with one attached hydrogen (secondary N) is 1. The molecule has 94 valence electrons. The summed E-state index contributed by atoms with van der Waals surface area (Å²) in [5, 5.41) is 19.5. The van der Waals surface area contributed by atoms with Crippen LogP contribution in [0.25, 0.3) is 0 Å². The lowest BCUT2D eigenvalue weighted by Gasteiger charge is -2.07. The molecule has 0 aliphatic heterocycles. The molecule has 0 bridgehead atoms. The Morgan fingerprint density at radius 2 is 1.76 bits per heavy atom. The Hall–Kier alpha value is -1.79. The highest BCUT2D eigenvalue weighted by Crippen LogP contribution is 2.15. The molecule has 0 saturated heterocycles. The molecule has 0 fully saturated rings. The maximum Gasteiger partial charge on any atom is 0.411 e. The Bertz CT molecular complexity index is 338. The average molecular weight is 241 g/mol. The molecule has 1 aromatic rings. The summed E-state index contributed by atoms with van der Waals surface area (Å²) in [4.78, 5) is 11.1. The zero-order valence-corrected chi connectivity index (χ0v) is 9.26. The molecule has 3 N–H and O–H groups in total. The van der Waals surface area contributed by atoms with Gasteiger partial charge in [-0.15, -0.1) is 0 Å². The fraction of sp³-hybridized carbons (Fsp3) is 0.364. The number of rotatable bonds is 6. The summed E-state index contributed by atoms with van der Waals surface area (Å²) in [6, 6.07) is 6.62. The highest BCUT2D eigenvalue weighted by atomic mass is 16.6. The molecule has 0 saturated carbocycles. The van der Waals surface area contributed by atoms with Crippen LogP contribution in [0.4, 0.5) is 10.5 Å². The molecule has 0 atom stereocenters. The maximum absolute atomic E-state index is 11.1. The zero-order chi connectivity index (χ0) is 12.5. The van der Waals surface area contributed by atoms with Crippen LogP contribution in [-0.2, 0) is 4.74 Å². The summed E-state index contributed by atoms with van der Waals surface area (Å²) in [6.07, 6.45) is -0.622. The van der Waals surface area contributed by atoms with E-state index in [1.54, 1.807) is 24.3 Å². The maximum atomic E-state index is 11.1. The van der Waals surface area contributed by atoms with E-state index in [4.69, 9.17) is 14.9 Å². The molecule has 0 unspecified atom stereocenters. The smallest absolute Gasteiger partial charge is 0.411 e. The highest BCUT2D eigenvalue weighted by molar-refractivity contribution is 5.84. The van der Waals surface area contributed by atoms with Crippen molar-refractivity contribution in [3.05, 3.63) is 24.3 Å². The molecule has 0 heterocycles. The lowest BCUT2D eigenvalue weighted by atomic mass is 10.3. The zero-order valence-electron chi connectivity index (χ0n) is 9.26. The van der Waals surface area contributed by atoms with Gasteiger partial charge in [0.15, 0.2) is 0 Å². The van der Waals surface area contributed by atoms with E-state index in [2.05, 4.69) is 10.1 Å². The van der Waals surface area contributed by atoms with E-state index in [1.165, 1.54) is 0 Å². The molecule has 6 nitrogen and oxygen atoms in total. The van der Waals surface area contributed by atoms with E-state index in [9.17, 15) is 4.79 Å². The van der Waals surface area contributed by atoms with E-state index in [-0.39, 0.29) is 26.4 Å². The minimum Gasteiger partial charge on any atom is -0.491 e. The molecule has 0 aromatic heterocycles. The van der Waals surface area contributed by atoms with E-state index >= 15 is 0 Å². The van der Waals surface area contributed by atoms with E-state index in [1.807, 2.05) is 0 Å². The van der Waals surface area contributed by atoms with Crippen molar-refractivity contribution in [2.24, 2.45) is 0 Å². The summed E-state index contributed by atoms with van der Waals surface area (Å²) in [6.45, 7) is -0.0658. The van der Waals surface area contributed by atoms with Crippen molar-refractivity contribution in [2.75, 3.05) is 31.7 Å². The Morgan fingerprint density at radius 1 is 1.12 bits per heavy atom. The van der Waals surface area contributed by atoms with Crippen molar-refractivity contribution in [1.29, 1.82) is 0 Å². The number of anilines is 1. The Labute approximate surface area is 98.8 Å². The molecule has 0 radical (unpaired) electrons. The van der Waals surface area contributed by atoms with Crippen molar-refractivity contribution in [3.8, 4) is 5.75 Å². The van der Waals surface area contributed by atoms with Gasteiger partial charge in [-0.1, -0.05) is 0 Å². The molecule has 17 heavy (non-hydrogen) atoms. The predicted octanol–water partition coefficient (Wildman–Crippen LogP) is 0.599. The van der Waals surface area contributed by atoms with Gasteiger partial charge in [-0.25, -0.2) is 4.79 Å². The molecule has 0 aliphatic rings. The standard InChI is InChI=1S/C11H15NO5/c13-5-7-16-10-3-1-9(2-4-10)12-11(15)17-8-6-14/h1-4,13-14H,5-8H2,(H,12,15). The summed E-state index contributed by atoms with van der Waals surface area (Å²) in [5.74, 6) is 0.605. The van der Waals surface area contributed by atoms with Gasteiger partial charge < -0.3 is 19.7 Å². The van der Waals surface area contributed by atoms with Crippen molar-refractivity contribution in [1.82, 2.24) is 0 Å². The van der Waals surface area contributed by atoms with Crippen LogP contribution in [0.5, 0.6) is 5.75 Å². The van der Waals surface area contributed by atoms with E-state index in [0.717, 1.165) is 0 Å². The third kappa shape index (κ3) is 5.19. The molecular weight excluding hydrogens is 226 g/mol. The van der Waals surface area contributed by atoms with E-state index in [0.29, 0.717) is 11.4 Å². The van der Waals surface area contributed by atoms with Gasteiger partial charge in [-0.3, -0.25) is 5.32 Å². The molecule has 6 heteroatoms. The van der Waals surface area contributed by atoms with Crippen molar-refractivity contribution in [3.63, 3.8) is 0 Å². The number of aliphatic hydroxyl groups is 2. The van der Waals surface area contributed by atoms with Gasteiger partial charge in [0.25, 0.3) is 0 Å². The first-order valence-corrected chi connectivity index (χ1v) is 5.14. The Morgan fingerprint density at radius 3 is 2.35 bits per heavy atom. The third-order valence-electron chi connectivity index (χ3n) is 1.79. The van der Waals surface area contributed by atoms with Gasteiger partial charge in [0.2, 0.25) is 0 Å². The first-order chi connectivity index (χ1) is 8.26. The number of benzene rings is 1. The van der Waals surface area contributed by atoms with Crippen LogP contribution in [0.1, 0.15) is 0 Å². The molecule has 0 spiro atoms. The lowest BCUT2D eigenvalue weighted by molar-refractivity contribution is 0.131. The average Bonchev–Trinajstić information content (AvgIpc) is 2.35. The molecule has 1 aromatic carbocycles. The highest BCUT2D eigenvalue weighted by Gasteiger charge is 2.02. The summed E-state index contributed by atoms with van der Waals surface area (Å²) in [5.41, 5.74) is 0.560. The quantitative estimate of drug-likeness (QED) is 0.678. The number of hydrogen-bond donors (Lipinski definition) is 3. The fourth-order valence-corrected chi connectivity index (χ4v) is 1.09. The van der Waals surface area contributed by atoms with E-state index < -0.39 is 6.09 Å². The van der Waals surface area contributed by atoms with Crippen LogP contribution in [0.15, 0.2) is 24.3 Å².